The van der Waals surface area contributed by atoms with E-state index in [2.05, 4.69) is 31.3 Å². The number of aliphatic hydroxyl groups is 2. The molecule has 6 nitrogen and oxygen atoms in total. The van der Waals surface area contributed by atoms with Gasteiger partial charge in [-0.1, -0.05) is 456 Å². The molecule has 94 heavy (non-hydrogen) atoms. The molecular formula is C88H171NO5. The predicted octanol–water partition coefficient (Wildman–Crippen LogP) is 29.2. The van der Waals surface area contributed by atoms with Crippen LogP contribution in [-0.2, 0) is 14.3 Å². The molecular weight excluding hydrogens is 1150 g/mol. The van der Waals surface area contributed by atoms with Crippen molar-refractivity contribution in [3.8, 4) is 0 Å². The number of carbonyl (C=O) groups is 2. The first kappa shape index (κ1) is 92.3. The van der Waals surface area contributed by atoms with Crippen molar-refractivity contribution in [1.29, 1.82) is 0 Å². The standard InChI is InChI=1S/C88H171NO5/c1-3-5-7-9-11-13-15-17-19-20-21-22-40-43-46-49-53-56-60-64-68-72-76-80-86(91)85(84-90)89-87(92)81-77-73-69-65-61-57-54-50-47-44-41-38-36-34-32-30-28-26-24-23-25-27-29-31-33-35-37-39-42-45-48-51-55-59-63-67-71-75-79-83-94-88(93)82-78-74-70-66-62-58-52-18-16-14-12-10-8-6-4-2/h23-24,76,80,85-86,90-91H,3-22,25-75,77-79,81-84H2,1-2H3,(H,89,92)/b24-23-,80-76+. The van der Waals surface area contributed by atoms with Gasteiger partial charge in [0, 0.05) is 12.8 Å². The lowest BCUT2D eigenvalue weighted by Crippen LogP contribution is -2.45. The molecule has 0 aromatic rings. The summed E-state index contributed by atoms with van der Waals surface area (Å²) in [5.74, 6) is -0.0316. The van der Waals surface area contributed by atoms with Gasteiger partial charge in [-0.15, -0.1) is 0 Å². The smallest absolute Gasteiger partial charge is 0.305 e. The normalized spacial score (nSPS) is 12.5. The minimum Gasteiger partial charge on any atom is -0.466 e. The number of aliphatic hydroxyl groups excluding tert-OH is 2. The second kappa shape index (κ2) is 83.8. The lowest BCUT2D eigenvalue weighted by Gasteiger charge is -2.20. The van der Waals surface area contributed by atoms with Crippen LogP contribution in [0.15, 0.2) is 24.3 Å². The van der Waals surface area contributed by atoms with Crippen molar-refractivity contribution in [2.24, 2.45) is 0 Å². The fourth-order valence-corrected chi connectivity index (χ4v) is 14.1. The van der Waals surface area contributed by atoms with Crippen molar-refractivity contribution in [3.05, 3.63) is 24.3 Å². The molecule has 0 aliphatic carbocycles. The lowest BCUT2D eigenvalue weighted by atomic mass is 10.0. The summed E-state index contributed by atoms with van der Waals surface area (Å²) in [6.07, 6.45) is 109. The number of nitrogens with one attached hydrogen (secondary N) is 1. The van der Waals surface area contributed by atoms with E-state index in [4.69, 9.17) is 4.74 Å². The van der Waals surface area contributed by atoms with E-state index in [0.717, 1.165) is 38.5 Å². The van der Waals surface area contributed by atoms with Gasteiger partial charge in [-0.3, -0.25) is 9.59 Å². The number of carbonyl (C=O) groups excluding carboxylic acids is 2. The Kier molecular flexibility index (Phi) is 82.3. The summed E-state index contributed by atoms with van der Waals surface area (Å²) in [5, 5.41) is 23.3. The summed E-state index contributed by atoms with van der Waals surface area (Å²) in [6, 6.07) is -0.626. The van der Waals surface area contributed by atoms with Gasteiger partial charge in [-0.05, 0) is 57.8 Å². The van der Waals surface area contributed by atoms with Crippen molar-refractivity contribution >= 4 is 11.9 Å². The maximum Gasteiger partial charge on any atom is 0.305 e. The maximum absolute atomic E-state index is 12.6. The highest BCUT2D eigenvalue weighted by atomic mass is 16.5. The number of hydrogen-bond acceptors (Lipinski definition) is 5. The number of ether oxygens (including phenoxy) is 1. The van der Waals surface area contributed by atoms with E-state index < -0.39 is 12.1 Å². The Hall–Kier alpha value is -1.66. The molecule has 0 aliphatic heterocycles. The fourth-order valence-electron chi connectivity index (χ4n) is 14.1. The summed E-state index contributed by atoms with van der Waals surface area (Å²) in [6.45, 7) is 4.97. The third kappa shape index (κ3) is 79.3. The largest absolute Gasteiger partial charge is 0.466 e. The molecule has 0 bridgehead atoms. The van der Waals surface area contributed by atoms with Crippen molar-refractivity contribution in [3.63, 3.8) is 0 Å². The number of rotatable bonds is 83. The molecule has 0 fully saturated rings. The van der Waals surface area contributed by atoms with Crippen LogP contribution in [-0.4, -0.2) is 47.4 Å². The number of allylic oxidation sites excluding steroid dienone is 3. The summed E-state index contributed by atoms with van der Waals surface area (Å²) < 4.78 is 5.51. The van der Waals surface area contributed by atoms with Gasteiger partial charge in [0.1, 0.15) is 0 Å². The van der Waals surface area contributed by atoms with Gasteiger partial charge in [0.05, 0.1) is 25.4 Å². The van der Waals surface area contributed by atoms with Gasteiger partial charge < -0.3 is 20.3 Å². The van der Waals surface area contributed by atoms with Crippen LogP contribution in [0.5, 0.6) is 0 Å². The predicted molar refractivity (Wildman–Crippen MR) is 417 cm³/mol. The molecule has 0 aromatic heterocycles. The second-order valence-electron chi connectivity index (χ2n) is 30.2. The molecule has 6 heteroatoms. The monoisotopic (exact) mass is 1320 g/mol. The third-order valence-electron chi connectivity index (χ3n) is 20.7. The first-order valence-electron chi connectivity index (χ1n) is 43.6. The molecule has 0 radical (unpaired) electrons. The molecule has 1 amide bonds. The summed E-state index contributed by atoms with van der Waals surface area (Å²) >= 11 is 0. The van der Waals surface area contributed by atoms with Crippen molar-refractivity contribution in [1.82, 2.24) is 5.32 Å². The Labute approximate surface area is 590 Å². The second-order valence-corrected chi connectivity index (χ2v) is 30.2. The van der Waals surface area contributed by atoms with Gasteiger partial charge in [0.15, 0.2) is 0 Å². The van der Waals surface area contributed by atoms with Crippen LogP contribution in [0.4, 0.5) is 0 Å². The Morgan fingerprint density at radius 2 is 0.500 bits per heavy atom. The molecule has 0 heterocycles. The van der Waals surface area contributed by atoms with Crippen molar-refractivity contribution in [2.75, 3.05) is 13.2 Å². The Morgan fingerprint density at radius 3 is 0.755 bits per heavy atom. The van der Waals surface area contributed by atoms with E-state index in [-0.39, 0.29) is 18.5 Å². The Bertz CT molecular complexity index is 1480. The Balaban J connectivity index is 3.34. The first-order valence-corrected chi connectivity index (χ1v) is 43.6. The summed E-state index contributed by atoms with van der Waals surface area (Å²) in [5.41, 5.74) is 0. The van der Waals surface area contributed by atoms with Crippen molar-refractivity contribution in [2.45, 2.75) is 514 Å². The zero-order valence-corrected chi connectivity index (χ0v) is 64.2. The van der Waals surface area contributed by atoms with Crippen LogP contribution >= 0.6 is 0 Å². The van der Waals surface area contributed by atoms with Crippen molar-refractivity contribution < 1.29 is 24.5 Å². The van der Waals surface area contributed by atoms with Gasteiger partial charge in [-0.2, -0.15) is 0 Å². The Morgan fingerprint density at radius 1 is 0.287 bits per heavy atom. The molecule has 3 N–H and O–H groups in total. The minimum absolute atomic E-state index is 0.0264. The maximum atomic E-state index is 12.6. The highest BCUT2D eigenvalue weighted by Gasteiger charge is 2.18. The van der Waals surface area contributed by atoms with Crippen LogP contribution < -0.4 is 5.32 Å². The average molecular weight is 1320 g/mol. The van der Waals surface area contributed by atoms with Gasteiger partial charge in [0.2, 0.25) is 5.91 Å². The summed E-state index contributed by atoms with van der Waals surface area (Å²) in [4.78, 5) is 24.7. The van der Waals surface area contributed by atoms with E-state index in [1.807, 2.05) is 6.08 Å². The number of hydrogen-bond donors (Lipinski definition) is 3. The highest BCUT2D eigenvalue weighted by Crippen LogP contribution is 2.21. The third-order valence-corrected chi connectivity index (χ3v) is 20.7. The first-order chi connectivity index (χ1) is 46.5. The molecule has 0 saturated carbocycles. The van der Waals surface area contributed by atoms with E-state index >= 15 is 0 Å². The topological polar surface area (TPSA) is 95.9 Å². The summed E-state index contributed by atoms with van der Waals surface area (Å²) in [7, 11) is 0. The lowest BCUT2D eigenvalue weighted by molar-refractivity contribution is -0.143. The van der Waals surface area contributed by atoms with Gasteiger partial charge >= 0.3 is 5.97 Å². The molecule has 0 spiro atoms. The number of esters is 1. The zero-order valence-electron chi connectivity index (χ0n) is 64.2. The van der Waals surface area contributed by atoms with Crippen LogP contribution in [0.2, 0.25) is 0 Å². The molecule has 0 saturated heterocycles. The quantitative estimate of drug-likeness (QED) is 0.0320. The van der Waals surface area contributed by atoms with Gasteiger partial charge in [0.25, 0.3) is 0 Å². The van der Waals surface area contributed by atoms with Gasteiger partial charge in [-0.25, -0.2) is 0 Å². The van der Waals surface area contributed by atoms with Crippen LogP contribution in [0.1, 0.15) is 502 Å². The molecule has 0 aliphatic rings. The van der Waals surface area contributed by atoms with Crippen LogP contribution in [0, 0.1) is 0 Å². The molecule has 0 aromatic carbocycles. The molecule has 558 valence electrons. The average Bonchev–Trinajstić information content (AvgIpc) is 3.23. The van der Waals surface area contributed by atoms with E-state index in [0.29, 0.717) is 19.4 Å². The highest BCUT2D eigenvalue weighted by molar-refractivity contribution is 5.76. The minimum atomic E-state index is -0.843. The number of amides is 1. The molecule has 2 unspecified atom stereocenters. The molecule has 2 atom stereocenters. The van der Waals surface area contributed by atoms with E-state index in [1.54, 1.807) is 6.08 Å². The van der Waals surface area contributed by atoms with Crippen LogP contribution in [0.3, 0.4) is 0 Å². The fraction of sp³-hybridized carbons (Fsp3) is 0.932. The SMILES string of the molecule is CCCCCCCCCCCCCCCCCCCCCCC/C=C/C(O)C(CO)NC(=O)CCCCCCCCCCCCCCCCCCC/C=C\CCCCCCCCCCCCCCCCCCCCOC(=O)CCCCCCCCCCCCCCCCC. The van der Waals surface area contributed by atoms with Crippen LogP contribution in [0.25, 0.3) is 0 Å². The van der Waals surface area contributed by atoms with E-state index in [9.17, 15) is 19.8 Å². The number of unbranched alkanes of at least 4 members (excludes halogenated alkanes) is 70. The molecule has 0 rings (SSSR count). The zero-order chi connectivity index (χ0) is 67.7. The van der Waals surface area contributed by atoms with E-state index in [1.165, 1.54) is 437 Å².